The van der Waals surface area contributed by atoms with Gasteiger partial charge < -0.3 is 14.7 Å². The zero-order chi connectivity index (χ0) is 21.1. The van der Waals surface area contributed by atoms with E-state index in [2.05, 4.69) is 39.2 Å². The zero-order valence-electron chi connectivity index (χ0n) is 17.8. The van der Waals surface area contributed by atoms with E-state index in [1.165, 1.54) is 6.42 Å². The molecule has 1 N–H and O–H groups in total. The third-order valence-electron chi connectivity index (χ3n) is 5.47. The van der Waals surface area contributed by atoms with Crippen molar-refractivity contribution in [1.82, 2.24) is 25.4 Å². The van der Waals surface area contributed by atoms with Gasteiger partial charge in [-0.15, -0.1) is 0 Å². The highest BCUT2D eigenvalue weighted by molar-refractivity contribution is 5.88. The van der Waals surface area contributed by atoms with Gasteiger partial charge >= 0.3 is 0 Å². The standard InChI is InChI=1S/C22H28N6O2/c1-14-10-15(2)13-28(12-14)21-20-16(3)27-30-22(20)26-18(25-21)7-8-19(29)24-11-17-6-4-5-9-23-17/h4-6,9,14-15H,7-8,10-13H2,1-3H3,(H,24,29)/t14-,15+. The lowest BCUT2D eigenvalue weighted by Gasteiger charge is -2.36. The molecule has 1 amide bonds. The van der Waals surface area contributed by atoms with Gasteiger partial charge in [-0.2, -0.15) is 4.98 Å². The Morgan fingerprint density at radius 1 is 1.23 bits per heavy atom. The number of fused-ring (bicyclic) bond motifs is 1. The molecule has 4 rings (SSSR count). The average Bonchev–Trinajstić information content (AvgIpc) is 3.11. The number of hydrogen-bond acceptors (Lipinski definition) is 7. The number of piperidine rings is 1. The minimum atomic E-state index is -0.0557. The summed E-state index contributed by atoms with van der Waals surface area (Å²) in [5, 5.41) is 7.87. The fourth-order valence-corrected chi connectivity index (χ4v) is 4.19. The summed E-state index contributed by atoms with van der Waals surface area (Å²) in [6, 6.07) is 5.64. The van der Waals surface area contributed by atoms with E-state index in [9.17, 15) is 4.79 Å². The summed E-state index contributed by atoms with van der Waals surface area (Å²) in [7, 11) is 0. The van der Waals surface area contributed by atoms with Crippen LogP contribution in [-0.2, 0) is 17.8 Å². The Morgan fingerprint density at radius 3 is 2.77 bits per heavy atom. The zero-order valence-corrected chi connectivity index (χ0v) is 17.8. The van der Waals surface area contributed by atoms with Crippen LogP contribution in [0.1, 0.15) is 43.9 Å². The smallest absolute Gasteiger partial charge is 0.263 e. The van der Waals surface area contributed by atoms with Gasteiger partial charge in [-0.3, -0.25) is 9.78 Å². The Balaban J connectivity index is 1.48. The maximum atomic E-state index is 12.3. The largest absolute Gasteiger partial charge is 0.355 e. The molecular formula is C22H28N6O2. The first-order valence-corrected chi connectivity index (χ1v) is 10.5. The topological polar surface area (TPSA) is 97.0 Å². The molecule has 0 saturated carbocycles. The van der Waals surface area contributed by atoms with Crippen molar-refractivity contribution < 1.29 is 9.32 Å². The molecule has 0 spiro atoms. The molecule has 8 heteroatoms. The summed E-state index contributed by atoms with van der Waals surface area (Å²) in [5.41, 5.74) is 2.12. The van der Waals surface area contributed by atoms with Crippen molar-refractivity contribution in [2.75, 3.05) is 18.0 Å². The van der Waals surface area contributed by atoms with Crippen LogP contribution < -0.4 is 10.2 Å². The molecule has 8 nitrogen and oxygen atoms in total. The Hall–Kier alpha value is -3.03. The fourth-order valence-electron chi connectivity index (χ4n) is 4.19. The van der Waals surface area contributed by atoms with Crippen LogP contribution in [0.5, 0.6) is 0 Å². The number of amides is 1. The number of aromatic nitrogens is 4. The predicted octanol–water partition coefficient (Wildman–Crippen LogP) is 3.05. The molecular weight excluding hydrogens is 380 g/mol. The van der Waals surface area contributed by atoms with E-state index in [-0.39, 0.29) is 5.91 Å². The number of pyridine rings is 1. The monoisotopic (exact) mass is 408 g/mol. The second-order valence-corrected chi connectivity index (χ2v) is 8.36. The van der Waals surface area contributed by atoms with E-state index < -0.39 is 0 Å². The highest BCUT2D eigenvalue weighted by Gasteiger charge is 2.27. The molecule has 3 aromatic heterocycles. The number of carbonyl (C=O) groups excluding carboxylic acids is 1. The summed E-state index contributed by atoms with van der Waals surface area (Å²) in [5.74, 6) is 2.62. The molecule has 0 aliphatic carbocycles. The summed E-state index contributed by atoms with van der Waals surface area (Å²) in [6.45, 7) is 8.77. The molecule has 0 bridgehead atoms. The van der Waals surface area contributed by atoms with Crippen molar-refractivity contribution in [2.45, 2.75) is 46.6 Å². The fraction of sp³-hybridized carbons (Fsp3) is 0.500. The average molecular weight is 409 g/mol. The van der Waals surface area contributed by atoms with Crippen molar-refractivity contribution in [2.24, 2.45) is 11.8 Å². The molecule has 158 valence electrons. The second-order valence-electron chi connectivity index (χ2n) is 8.36. The van der Waals surface area contributed by atoms with Gasteiger partial charge in [-0.25, -0.2) is 4.98 Å². The van der Waals surface area contributed by atoms with E-state index >= 15 is 0 Å². The molecule has 30 heavy (non-hydrogen) atoms. The molecule has 4 heterocycles. The van der Waals surface area contributed by atoms with Crippen LogP contribution in [0.3, 0.4) is 0 Å². The highest BCUT2D eigenvalue weighted by Crippen LogP contribution is 2.31. The van der Waals surface area contributed by atoms with Crippen molar-refractivity contribution in [3.8, 4) is 0 Å². The molecule has 0 unspecified atom stereocenters. The minimum absolute atomic E-state index is 0.0557. The number of nitrogens with zero attached hydrogens (tertiary/aromatic N) is 5. The third kappa shape index (κ3) is 4.58. The van der Waals surface area contributed by atoms with Crippen molar-refractivity contribution in [1.29, 1.82) is 0 Å². The molecule has 3 aromatic rings. The van der Waals surface area contributed by atoms with Gasteiger partial charge in [0.2, 0.25) is 5.91 Å². The van der Waals surface area contributed by atoms with E-state index in [0.29, 0.717) is 42.8 Å². The Morgan fingerprint density at radius 2 is 2.03 bits per heavy atom. The van der Waals surface area contributed by atoms with Gasteiger partial charge in [-0.1, -0.05) is 25.1 Å². The van der Waals surface area contributed by atoms with Gasteiger partial charge in [0.25, 0.3) is 5.71 Å². The summed E-state index contributed by atoms with van der Waals surface area (Å²) >= 11 is 0. The first-order valence-electron chi connectivity index (χ1n) is 10.5. The molecule has 1 aliphatic heterocycles. The van der Waals surface area contributed by atoms with E-state index in [1.54, 1.807) is 6.20 Å². The lowest BCUT2D eigenvalue weighted by atomic mass is 9.92. The van der Waals surface area contributed by atoms with Crippen LogP contribution in [0.25, 0.3) is 11.1 Å². The van der Waals surface area contributed by atoms with Gasteiger partial charge in [0.15, 0.2) is 0 Å². The van der Waals surface area contributed by atoms with Crippen LogP contribution >= 0.6 is 0 Å². The van der Waals surface area contributed by atoms with Crippen molar-refractivity contribution >= 4 is 22.8 Å². The third-order valence-corrected chi connectivity index (χ3v) is 5.47. The maximum Gasteiger partial charge on any atom is 0.263 e. The summed E-state index contributed by atoms with van der Waals surface area (Å²) in [4.78, 5) is 28.2. The number of carbonyl (C=O) groups is 1. The number of anilines is 1. The maximum absolute atomic E-state index is 12.3. The molecule has 0 radical (unpaired) electrons. The molecule has 2 atom stereocenters. The SMILES string of the molecule is Cc1noc2nc(CCC(=O)NCc3ccccn3)nc(N3C[C@H](C)C[C@H](C)C3)c12. The van der Waals surface area contributed by atoms with Crippen molar-refractivity contribution in [3.63, 3.8) is 0 Å². The Bertz CT molecular complexity index is 1010. The van der Waals surface area contributed by atoms with Gasteiger partial charge in [0.1, 0.15) is 17.0 Å². The van der Waals surface area contributed by atoms with Crippen LogP contribution in [-0.4, -0.2) is 39.1 Å². The molecule has 1 aliphatic rings. The normalized spacial score (nSPS) is 19.2. The Labute approximate surface area is 176 Å². The van der Waals surface area contributed by atoms with Gasteiger partial charge in [0.05, 0.1) is 17.9 Å². The lowest BCUT2D eigenvalue weighted by Crippen LogP contribution is -2.39. The minimum Gasteiger partial charge on any atom is -0.355 e. The number of hydrogen-bond donors (Lipinski definition) is 1. The molecule has 1 saturated heterocycles. The van der Waals surface area contributed by atoms with E-state index in [0.717, 1.165) is 35.7 Å². The quantitative estimate of drug-likeness (QED) is 0.669. The second kappa shape index (κ2) is 8.77. The molecule has 1 fully saturated rings. The van der Waals surface area contributed by atoms with Gasteiger partial charge in [0, 0.05) is 32.1 Å². The van der Waals surface area contributed by atoms with Gasteiger partial charge in [-0.05, 0) is 37.3 Å². The predicted molar refractivity (Wildman–Crippen MR) is 114 cm³/mol. The van der Waals surface area contributed by atoms with E-state index in [4.69, 9.17) is 9.51 Å². The summed E-state index contributed by atoms with van der Waals surface area (Å²) in [6.07, 6.45) is 3.68. The van der Waals surface area contributed by atoms with Crippen LogP contribution in [0.4, 0.5) is 5.82 Å². The summed E-state index contributed by atoms with van der Waals surface area (Å²) < 4.78 is 5.45. The highest BCUT2D eigenvalue weighted by atomic mass is 16.5. The number of nitrogens with one attached hydrogen (secondary N) is 1. The lowest BCUT2D eigenvalue weighted by molar-refractivity contribution is -0.121. The van der Waals surface area contributed by atoms with Crippen molar-refractivity contribution in [3.05, 3.63) is 41.6 Å². The van der Waals surface area contributed by atoms with Crippen LogP contribution in [0.15, 0.2) is 28.9 Å². The number of rotatable bonds is 6. The van der Waals surface area contributed by atoms with Crippen LogP contribution in [0.2, 0.25) is 0 Å². The van der Waals surface area contributed by atoms with E-state index in [1.807, 2.05) is 25.1 Å². The first-order chi connectivity index (χ1) is 14.5. The first kappa shape index (κ1) is 20.3. The Kier molecular flexibility index (Phi) is 5.92. The molecule has 0 aromatic carbocycles. The van der Waals surface area contributed by atoms with Crippen LogP contribution in [0, 0.1) is 18.8 Å². The number of aryl methyl sites for hydroxylation is 2.